The maximum absolute atomic E-state index is 15.2. The maximum Gasteiger partial charge on any atom is 0.390 e. The molecule has 2 unspecified atom stereocenters. The van der Waals surface area contributed by atoms with Crippen LogP contribution in [0.1, 0.15) is 6.42 Å². The first-order valence-electron chi connectivity index (χ1n) is 8.54. The van der Waals surface area contributed by atoms with E-state index in [2.05, 4.69) is 9.47 Å². The molecule has 1 fully saturated rings. The lowest BCUT2D eigenvalue weighted by Crippen LogP contribution is -2.79. The molecule has 0 saturated heterocycles. The third-order valence-electron chi connectivity index (χ3n) is 4.73. The molecule has 176 valence electrons. The van der Waals surface area contributed by atoms with Gasteiger partial charge in [0.05, 0.1) is 17.8 Å². The van der Waals surface area contributed by atoms with Crippen molar-refractivity contribution < 1.29 is 54.8 Å². The molecule has 0 radical (unpaired) electrons. The average molecular weight is 474 g/mol. The van der Waals surface area contributed by atoms with Crippen molar-refractivity contribution in [2.75, 3.05) is 11.5 Å². The highest BCUT2D eigenvalue weighted by molar-refractivity contribution is 5.55. The van der Waals surface area contributed by atoms with Gasteiger partial charge in [0.2, 0.25) is 0 Å². The Morgan fingerprint density at radius 3 is 1.56 bits per heavy atom. The van der Waals surface area contributed by atoms with Crippen molar-refractivity contribution >= 4 is 11.4 Å². The van der Waals surface area contributed by atoms with E-state index < -0.39 is 64.6 Å². The van der Waals surface area contributed by atoms with Gasteiger partial charge >= 0.3 is 29.5 Å². The first-order valence-corrected chi connectivity index (χ1v) is 8.54. The summed E-state index contributed by atoms with van der Waals surface area (Å²) in [6.07, 6.45) is -2.98. The standard InChI is InChI=1S/C18H14F8N2O4/c19-14(20)7-15(21,31-8-1-3-10(27)12(29)5-8)17(24,25)18(26,16(14,22)23)32-9-2-4-11(28)13(30)6-9/h1-6,29-30H,7,27-28H2. The Labute approximate surface area is 173 Å². The monoisotopic (exact) mass is 474 g/mol. The largest absolute Gasteiger partial charge is 0.506 e. The molecule has 0 aliphatic heterocycles. The van der Waals surface area contributed by atoms with Crippen molar-refractivity contribution in [3.63, 3.8) is 0 Å². The first kappa shape index (κ1) is 23.3. The van der Waals surface area contributed by atoms with Crippen LogP contribution in [0.3, 0.4) is 0 Å². The van der Waals surface area contributed by atoms with Crippen LogP contribution in [-0.2, 0) is 0 Å². The second kappa shape index (κ2) is 6.84. The highest BCUT2D eigenvalue weighted by atomic mass is 19.3. The molecule has 2 atom stereocenters. The van der Waals surface area contributed by atoms with Gasteiger partial charge in [0.15, 0.2) is 0 Å². The molecule has 2 aromatic rings. The minimum atomic E-state index is -6.28. The topological polar surface area (TPSA) is 111 Å². The van der Waals surface area contributed by atoms with Crippen LogP contribution < -0.4 is 20.9 Å². The van der Waals surface area contributed by atoms with Gasteiger partial charge in [-0.05, 0) is 24.3 Å². The summed E-state index contributed by atoms with van der Waals surface area (Å²) in [6, 6.07) is 3.38. The number of benzene rings is 2. The van der Waals surface area contributed by atoms with Gasteiger partial charge in [-0.3, -0.25) is 0 Å². The molecule has 2 aromatic carbocycles. The number of nitrogens with two attached hydrogens (primary N) is 2. The van der Waals surface area contributed by atoms with Crippen molar-refractivity contribution in [2.24, 2.45) is 0 Å². The van der Waals surface area contributed by atoms with E-state index in [-0.39, 0.29) is 11.8 Å². The summed E-state index contributed by atoms with van der Waals surface area (Å²) in [7, 11) is 0. The fraction of sp³-hybridized carbons (Fsp3) is 0.333. The number of hydrogen-bond acceptors (Lipinski definition) is 6. The van der Waals surface area contributed by atoms with Gasteiger partial charge in [-0.15, -0.1) is 0 Å². The minimum Gasteiger partial charge on any atom is -0.506 e. The fourth-order valence-electron chi connectivity index (χ4n) is 2.93. The quantitative estimate of drug-likeness (QED) is 0.298. The SMILES string of the molecule is Nc1ccc(OC2(F)CC(F)(F)C(F)(F)C(F)(Oc3ccc(N)c(O)c3)C2(F)F)cc1O. The van der Waals surface area contributed by atoms with Crippen LogP contribution in [0.15, 0.2) is 36.4 Å². The molecule has 14 heteroatoms. The third kappa shape index (κ3) is 3.15. The number of halogens is 8. The molecule has 0 aromatic heterocycles. The van der Waals surface area contributed by atoms with Crippen molar-refractivity contribution in [3.8, 4) is 23.0 Å². The Balaban J connectivity index is 2.13. The summed E-state index contributed by atoms with van der Waals surface area (Å²) < 4.78 is 125. The fourth-order valence-corrected chi connectivity index (χ4v) is 2.93. The van der Waals surface area contributed by atoms with Gasteiger partial charge in [-0.1, -0.05) is 0 Å². The molecular weight excluding hydrogens is 460 g/mol. The first-order chi connectivity index (χ1) is 14.5. The number of rotatable bonds is 4. The van der Waals surface area contributed by atoms with Crippen LogP contribution in [0.25, 0.3) is 0 Å². The van der Waals surface area contributed by atoms with E-state index in [1.165, 1.54) is 0 Å². The number of phenols is 2. The molecule has 1 aliphatic rings. The number of aromatic hydroxyl groups is 2. The molecule has 6 nitrogen and oxygen atoms in total. The Kier molecular flexibility index (Phi) is 4.99. The zero-order valence-corrected chi connectivity index (χ0v) is 15.6. The Morgan fingerprint density at radius 2 is 1.12 bits per heavy atom. The van der Waals surface area contributed by atoms with Crippen molar-refractivity contribution in [1.82, 2.24) is 0 Å². The molecule has 6 N–H and O–H groups in total. The smallest absolute Gasteiger partial charge is 0.390 e. The molecule has 0 amide bonds. The second-order valence-electron chi connectivity index (χ2n) is 7.00. The number of ether oxygens (including phenoxy) is 2. The highest BCUT2D eigenvalue weighted by Gasteiger charge is 2.93. The Bertz CT molecular complexity index is 1050. The summed E-state index contributed by atoms with van der Waals surface area (Å²) in [6.45, 7) is 0. The molecule has 32 heavy (non-hydrogen) atoms. The van der Waals surface area contributed by atoms with E-state index in [0.717, 1.165) is 6.07 Å². The van der Waals surface area contributed by atoms with Gasteiger partial charge in [0.1, 0.15) is 23.0 Å². The van der Waals surface area contributed by atoms with E-state index in [1.807, 2.05) is 0 Å². The maximum atomic E-state index is 15.2. The zero-order valence-electron chi connectivity index (χ0n) is 15.6. The predicted molar refractivity (Wildman–Crippen MR) is 93.4 cm³/mol. The van der Waals surface area contributed by atoms with Crippen LogP contribution in [0.4, 0.5) is 46.5 Å². The second-order valence-corrected chi connectivity index (χ2v) is 7.00. The lowest BCUT2D eigenvalue weighted by Gasteiger charge is -2.50. The lowest BCUT2D eigenvalue weighted by molar-refractivity contribution is -0.461. The Morgan fingerprint density at radius 1 is 0.688 bits per heavy atom. The normalized spacial score (nSPS) is 28.1. The summed E-state index contributed by atoms with van der Waals surface area (Å²) in [4.78, 5) is 0. The summed E-state index contributed by atoms with van der Waals surface area (Å²) >= 11 is 0. The third-order valence-corrected chi connectivity index (χ3v) is 4.73. The highest BCUT2D eigenvalue weighted by Crippen LogP contribution is 2.64. The lowest BCUT2D eigenvalue weighted by atomic mass is 9.80. The van der Waals surface area contributed by atoms with E-state index in [4.69, 9.17) is 11.5 Å². The summed E-state index contributed by atoms with van der Waals surface area (Å²) in [5.41, 5.74) is 9.74. The zero-order chi connectivity index (χ0) is 24.3. The van der Waals surface area contributed by atoms with Gasteiger partial charge in [-0.25, -0.2) is 0 Å². The minimum absolute atomic E-state index is 0.286. The van der Waals surface area contributed by atoms with Crippen molar-refractivity contribution in [3.05, 3.63) is 36.4 Å². The van der Waals surface area contributed by atoms with E-state index in [0.29, 0.717) is 24.3 Å². The van der Waals surface area contributed by atoms with E-state index >= 15 is 8.78 Å². The van der Waals surface area contributed by atoms with Crippen LogP contribution >= 0.6 is 0 Å². The molecule has 0 spiro atoms. The molecule has 0 heterocycles. The van der Waals surface area contributed by atoms with Crippen molar-refractivity contribution in [2.45, 2.75) is 35.9 Å². The Hall–Kier alpha value is -3.32. The van der Waals surface area contributed by atoms with Gasteiger partial charge in [0.25, 0.3) is 0 Å². The molecule has 1 aliphatic carbocycles. The van der Waals surface area contributed by atoms with Crippen LogP contribution in [0.2, 0.25) is 0 Å². The number of phenolic OH excluding ortho intramolecular Hbond substituents is 2. The molecule has 3 rings (SSSR count). The number of nitrogen functional groups attached to an aromatic ring is 2. The van der Waals surface area contributed by atoms with Crippen LogP contribution in [-0.4, -0.2) is 39.7 Å². The van der Waals surface area contributed by atoms with Crippen LogP contribution in [0.5, 0.6) is 23.0 Å². The van der Waals surface area contributed by atoms with Gasteiger partial charge < -0.3 is 31.2 Å². The summed E-state index contributed by atoms with van der Waals surface area (Å²) in [5.74, 6) is -33.3. The van der Waals surface area contributed by atoms with E-state index in [9.17, 15) is 36.6 Å². The number of alkyl halides is 8. The average Bonchev–Trinajstić information content (AvgIpc) is 2.66. The summed E-state index contributed by atoms with van der Waals surface area (Å²) in [5, 5.41) is 18.9. The molecular formula is C18H14F8N2O4. The molecule has 1 saturated carbocycles. The van der Waals surface area contributed by atoms with Gasteiger partial charge in [-0.2, -0.15) is 35.1 Å². The van der Waals surface area contributed by atoms with Gasteiger partial charge in [0, 0.05) is 12.1 Å². The predicted octanol–water partition coefficient (Wildman–Crippen LogP) is 4.36. The molecule has 0 bridgehead atoms. The van der Waals surface area contributed by atoms with Crippen LogP contribution in [0, 0.1) is 0 Å². The van der Waals surface area contributed by atoms with E-state index in [1.54, 1.807) is 0 Å². The van der Waals surface area contributed by atoms with Crippen molar-refractivity contribution in [1.29, 1.82) is 0 Å². The number of anilines is 2. The number of hydrogen-bond donors (Lipinski definition) is 4.